The molecule has 0 aromatic carbocycles. The zero-order chi connectivity index (χ0) is 14.7. The van der Waals surface area contributed by atoms with Crippen LogP contribution >= 0.6 is 0 Å². The van der Waals surface area contributed by atoms with E-state index in [2.05, 4.69) is 13.8 Å². The Morgan fingerprint density at radius 2 is 1.37 bits per heavy atom. The summed E-state index contributed by atoms with van der Waals surface area (Å²) in [6.45, 7) is 7.96. The van der Waals surface area contributed by atoms with Crippen LogP contribution in [0.3, 0.4) is 0 Å². The van der Waals surface area contributed by atoms with Crippen molar-refractivity contribution < 1.29 is 9.59 Å². The van der Waals surface area contributed by atoms with E-state index in [4.69, 9.17) is 0 Å². The van der Waals surface area contributed by atoms with Crippen molar-refractivity contribution in [1.29, 1.82) is 0 Å². The van der Waals surface area contributed by atoms with Crippen molar-refractivity contribution in [2.45, 2.75) is 79.1 Å². The zero-order valence-electron chi connectivity index (χ0n) is 13.2. The molecule has 0 saturated heterocycles. The summed E-state index contributed by atoms with van der Waals surface area (Å²) in [5, 5.41) is 0. The fourth-order valence-electron chi connectivity index (χ4n) is 2.42. The number of hydrogen-bond acceptors (Lipinski definition) is 2. The summed E-state index contributed by atoms with van der Waals surface area (Å²) in [6.07, 6.45) is 9.62. The lowest BCUT2D eigenvalue weighted by atomic mass is 9.94. The lowest BCUT2D eigenvalue weighted by Crippen LogP contribution is -2.37. The first-order valence-corrected chi connectivity index (χ1v) is 7.81. The molecular formula is C16H31NO2. The van der Waals surface area contributed by atoms with Crippen molar-refractivity contribution in [1.82, 2.24) is 4.90 Å². The number of nitrogens with zero attached hydrogens (tertiary/aromatic N) is 1. The van der Waals surface area contributed by atoms with Gasteiger partial charge in [0.1, 0.15) is 0 Å². The molecule has 0 saturated carbocycles. The highest BCUT2D eigenvalue weighted by atomic mass is 16.2. The molecule has 3 nitrogen and oxygen atoms in total. The van der Waals surface area contributed by atoms with E-state index in [-0.39, 0.29) is 11.8 Å². The lowest BCUT2D eigenvalue weighted by molar-refractivity contribution is -0.142. The van der Waals surface area contributed by atoms with Crippen LogP contribution in [-0.2, 0) is 9.59 Å². The SMILES string of the molecule is CCCCCCC(CCCC)CN(C(C)=O)C(C)=O. The molecule has 19 heavy (non-hydrogen) atoms. The topological polar surface area (TPSA) is 37.4 Å². The van der Waals surface area contributed by atoms with Gasteiger partial charge in [-0.2, -0.15) is 0 Å². The van der Waals surface area contributed by atoms with Gasteiger partial charge in [-0.1, -0.05) is 52.4 Å². The second-order valence-electron chi connectivity index (χ2n) is 5.51. The van der Waals surface area contributed by atoms with Crippen LogP contribution in [0.25, 0.3) is 0 Å². The molecule has 0 spiro atoms. The van der Waals surface area contributed by atoms with Gasteiger partial charge in [0.05, 0.1) is 0 Å². The normalized spacial score (nSPS) is 12.2. The predicted molar refractivity (Wildman–Crippen MR) is 79.8 cm³/mol. The van der Waals surface area contributed by atoms with Crippen molar-refractivity contribution in [3.63, 3.8) is 0 Å². The molecule has 0 aliphatic rings. The number of imide groups is 1. The molecule has 0 heterocycles. The van der Waals surface area contributed by atoms with Crippen molar-refractivity contribution in [2.75, 3.05) is 6.54 Å². The van der Waals surface area contributed by atoms with Crippen LogP contribution in [0.15, 0.2) is 0 Å². The van der Waals surface area contributed by atoms with Crippen LogP contribution in [-0.4, -0.2) is 23.3 Å². The van der Waals surface area contributed by atoms with Crippen molar-refractivity contribution in [3.05, 3.63) is 0 Å². The molecule has 0 rings (SSSR count). The number of hydrogen-bond donors (Lipinski definition) is 0. The van der Waals surface area contributed by atoms with Gasteiger partial charge in [-0.15, -0.1) is 0 Å². The van der Waals surface area contributed by atoms with Crippen molar-refractivity contribution in [3.8, 4) is 0 Å². The molecule has 0 aromatic rings. The maximum absolute atomic E-state index is 11.5. The number of unbranched alkanes of at least 4 members (excludes halogenated alkanes) is 4. The number of carbonyl (C=O) groups is 2. The fourth-order valence-corrected chi connectivity index (χ4v) is 2.42. The molecule has 0 aliphatic carbocycles. The third-order valence-corrected chi connectivity index (χ3v) is 3.63. The highest BCUT2D eigenvalue weighted by molar-refractivity contribution is 5.92. The smallest absolute Gasteiger partial charge is 0.226 e. The minimum absolute atomic E-state index is 0.123. The van der Waals surface area contributed by atoms with E-state index in [1.54, 1.807) is 0 Å². The monoisotopic (exact) mass is 269 g/mol. The first kappa shape index (κ1) is 18.1. The first-order chi connectivity index (χ1) is 9.02. The lowest BCUT2D eigenvalue weighted by Gasteiger charge is -2.24. The van der Waals surface area contributed by atoms with Gasteiger partial charge in [0.15, 0.2) is 0 Å². The molecule has 0 bridgehead atoms. The Labute approximate surface area is 118 Å². The highest BCUT2D eigenvalue weighted by Crippen LogP contribution is 2.19. The predicted octanol–water partition coefficient (Wildman–Crippen LogP) is 4.16. The summed E-state index contributed by atoms with van der Waals surface area (Å²) in [5.41, 5.74) is 0. The molecule has 0 N–H and O–H groups in total. The third-order valence-electron chi connectivity index (χ3n) is 3.63. The molecular weight excluding hydrogens is 238 g/mol. The molecule has 0 fully saturated rings. The van der Waals surface area contributed by atoms with Gasteiger partial charge in [-0.25, -0.2) is 0 Å². The standard InChI is InChI=1S/C16H31NO2/c1-5-7-9-10-12-16(11-8-6-2)13-17(14(3)18)15(4)19/h16H,5-13H2,1-4H3. The molecule has 3 heteroatoms. The largest absolute Gasteiger partial charge is 0.283 e. The van der Waals surface area contributed by atoms with E-state index in [1.807, 2.05) is 0 Å². The Balaban J connectivity index is 4.30. The Bertz CT molecular complexity index is 249. The number of amides is 2. The minimum Gasteiger partial charge on any atom is -0.283 e. The van der Waals surface area contributed by atoms with Crippen LogP contribution in [0, 0.1) is 5.92 Å². The van der Waals surface area contributed by atoms with Crippen molar-refractivity contribution in [2.24, 2.45) is 5.92 Å². The third kappa shape index (κ3) is 8.79. The molecule has 1 atom stereocenters. The van der Waals surface area contributed by atoms with Crippen LogP contribution in [0.5, 0.6) is 0 Å². The van der Waals surface area contributed by atoms with Crippen LogP contribution < -0.4 is 0 Å². The summed E-state index contributed by atoms with van der Waals surface area (Å²) in [4.78, 5) is 24.4. The molecule has 2 amide bonds. The van der Waals surface area contributed by atoms with E-state index in [0.717, 1.165) is 12.8 Å². The van der Waals surface area contributed by atoms with Crippen molar-refractivity contribution >= 4 is 11.8 Å². The van der Waals surface area contributed by atoms with Crippen LogP contribution in [0.1, 0.15) is 79.1 Å². The van der Waals surface area contributed by atoms with Gasteiger partial charge in [-0.3, -0.25) is 14.5 Å². The zero-order valence-corrected chi connectivity index (χ0v) is 13.2. The quantitative estimate of drug-likeness (QED) is 0.558. The summed E-state index contributed by atoms with van der Waals surface area (Å²) in [5.74, 6) is 0.231. The van der Waals surface area contributed by atoms with Crippen LogP contribution in [0.2, 0.25) is 0 Å². The Kier molecular flexibility index (Phi) is 10.5. The first-order valence-electron chi connectivity index (χ1n) is 7.81. The number of rotatable bonds is 10. The van der Waals surface area contributed by atoms with Gasteiger partial charge in [-0.05, 0) is 18.8 Å². The Hall–Kier alpha value is -0.860. The van der Waals surface area contributed by atoms with E-state index in [0.29, 0.717) is 12.5 Å². The summed E-state index contributed by atoms with van der Waals surface area (Å²) < 4.78 is 0. The van der Waals surface area contributed by atoms with E-state index in [9.17, 15) is 9.59 Å². The second-order valence-corrected chi connectivity index (χ2v) is 5.51. The molecule has 112 valence electrons. The summed E-state index contributed by atoms with van der Waals surface area (Å²) in [6, 6.07) is 0. The second kappa shape index (κ2) is 11.0. The molecule has 0 aliphatic heterocycles. The van der Waals surface area contributed by atoms with Gasteiger partial charge in [0.2, 0.25) is 11.8 Å². The maximum atomic E-state index is 11.5. The average molecular weight is 269 g/mol. The Morgan fingerprint density at radius 3 is 1.84 bits per heavy atom. The van der Waals surface area contributed by atoms with E-state index >= 15 is 0 Å². The maximum Gasteiger partial charge on any atom is 0.226 e. The van der Waals surface area contributed by atoms with Gasteiger partial charge < -0.3 is 0 Å². The van der Waals surface area contributed by atoms with E-state index in [1.165, 1.54) is 57.3 Å². The molecule has 0 radical (unpaired) electrons. The van der Waals surface area contributed by atoms with E-state index < -0.39 is 0 Å². The Morgan fingerprint density at radius 1 is 0.842 bits per heavy atom. The molecule has 1 unspecified atom stereocenters. The average Bonchev–Trinajstić information content (AvgIpc) is 2.35. The van der Waals surface area contributed by atoms with Gasteiger partial charge >= 0.3 is 0 Å². The fraction of sp³-hybridized carbons (Fsp3) is 0.875. The number of carbonyl (C=O) groups excluding carboxylic acids is 2. The van der Waals surface area contributed by atoms with Crippen LogP contribution in [0.4, 0.5) is 0 Å². The minimum atomic E-state index is -0.123. The summed E-state index contributed by atoms with van der Waals surface area (Å²) >= 11 is 0. The highest BCUT2D eigenvalue weighted by Gasteiger charge is 2.19. The van der Waals surface area contributed by atoms with Gasteiger partial charge in [0.25, 0.3) is 0 Å². The molecule has 0 aromatic heterocycles. The van der Waals surface area contributed by atoms with Gasteiger partial charge in [0, 0.05) is 20.4 Å². The summed E-state index contributed by atoms with van der Waals surface area (Å²) in [7, 11) is 0.